The molecule has 0 aliphatic carbocycles. The molecule has 5 nitrogen and oxygen atoms in total. The lowest BCUT2D eigenvalue weighted by Crippen LogP contribution is -2.31. The molecule has 1 aromatic heterocycles. The number of rotatable bonds is 2. The van der Waals surface area contributed by atoms with Gasteiger partial charge in [0, 0.05) is 18.7 Å². The zero-order valence-electron chi connectivity index (χ0n) is 11.4. The van der Waals surface area contributed by atoms with Crippen LogP contribution in [0, 0.1) is 0 Å². The van der Waals surface area contributed by atoms with Gasteiger partial charge in [-0.1, -0.05) is 12.8 Å². The van der Waals surface area contributed by atoms with Crippen LogP contribution in [-0.2, 0) is 0 Å². The van der Waals surface area contributed by atoms with Crippen LogP contribution < -0.4 is 0 Å². The van der Waals surface area contributed by atoms with E-state index in [0.29, 0.717) is 0 Å². The molecule has 0 radical (unpaired) electrons. The molecule has 0 bridgehead atoms. The van der Waals surface area contributed by atoms with Gasteiger partial charge in [-0.05, 0) is 37.1 Å². The van der Waals surface area contributed by atoms with Crippen molar-refractivity contribution in [2.24, 2.45) is 0 Å². The van der Waals surface area contributed by atoms with Gasteiger partial charge in [0.2, 0.25) is 0 Å². The van der Waals surface area contributed by atoms with Crippen LogP contribution in [0.1, 0.15) is 36.0 Å². The van der Waals surface area contributed by atoms with E-state index in [1.165, 1.54) is 19.2 Å². The van der Waals surface area contributed by atoms with Gasteiger partial charge in [0.15, 0.2) is 0 Å². The van der Waals surface area contributed by atoms with Crippen LogP contribution in [-0.4, -0.2) is 38.7 Å². The van der Waals surface area contributed by atoms with Crippen molar-refractivity contribution in [3.05, 3.63) is 42.5 Å². The zero-order chi connectivity index (χ0) is 13.8. The molecule has 0 N–H and O–H groups in total. The lowest BCUT2D eigenvalue weighted by Gasteiger charge is -2.20. The summed E-state index contributed by atoms with van der Waals surface area (Å²) < 4.78 is 1.68. The molecule has 0 unspecified atom stereocenters. The van der Waals surface area contributed by atoms with E-state index in [2.05, 4.69) is 10.1 Å². The fourth-order valence-corrected chi connectivity index (χ4v) is 2.55. The molecule has 1 aromatic carbocycles. The molecule has 0 atom stereocenters. The van der Waals surface area contributed by atoms with Gasteiger partial charge in [-0.15, -0.1) is 0 Å². The number of aromatic nitrogens is 3. The van der Waals surface area contributed by atoms with E-state index in [1.54, 1.807) is 11.0 Å². The van der Waals surface area contributed by atoms with E-state index in [-0.39, 0.29) is 5.91 Å². The quantitative estimate of drug-likeness (QED) is 0.841. The first-order valence-electron chi connectivity index (χ1n) is 7.09. The van der Waals surface area contributed by atoms with Crippen LogP contribution in [0.2, 0.25) is 0 Å². The maximum Gasteiger partial charge on any atom is 0.253 e. The number of amides is 1. The molecule has 3 rings (SSSR count). The van der Waals surface area contributed by atoms with Gasteiger partial charge in [-0.3, -0.25) is 4.79 Å². The summed E-state index contributed by atoms with van der Waals surface area (Å²) in [6.45, 7) is 1.76. The van der Waals surface area contributed by atoms with Gasteiger partial charge < -0.3 is 4.90 Å². The van der Waals surface area contributed by atoms with Crippen LogP contribution in [0.5, 0.6) is 0 Å². The highest BCUT2D eigenvalue weighted by molar-refractivity contribution is 5.94. The molecule has 1 amide bonds. The molecular weight excluding hydrogens is 252 g/mol. The molecule has 1 fully saturated rings. The fraction of sp³-hybridized carbons (Fsp3) is 0.400. The number of nitrogens with zero attached hydrogens (tertiary/aromatic N) is 4. The number of benzene rings is 1. The first kappa shape index (κ1) is 12.8. The first-order valence-corrected chi connectivity index (χ1v) is 7.09. The highest BCUT2D eigenvalue weighted by Crippen LogP contribution is 2.15. The summed E-state index contributed by atoms with van der Waals surface area (Å²) in [5, 5.41) is 4.07. The first-order chi connectivity index (χ1) is 9.84. The molecule has 104 valence electrons. The Morgan fingerprint density at radius 3 is 2.30 bits per heavy atom. The van der Waals surface area contributed by atoms with Crippen LogP contribution >= 0.6 is 0 Å². The number of hydrogen-bond donors (Lipinski definition) is 0. The number of carbonyl (C=O) groups excluding carboxylic acids is 1. The predicted molar refractivity (Wildman–Crippen MR) is 75.7 cm³/mol. The van der Waals surface area contributed by atoms with Crippen LogP contribution in [0.25, 0.3) is 5.69 Å². The molecule has 0 spiro atoms. The Kier molecular flexibility index (Phi) is 3.76. The number of hydrogen-bond acceptors (Lipinski definition) is 3. The van der Waals surface area contributed by atoms with Gasteiger partial charge in [-0.25, -0.2) is 9.67 Å². The van der Waals surface area contributed by atoms with Crippen LogP contribution in [0.4, 0.5) is 0 Å². The smallest absolute Gasteiger partial charge is 0.253 e. The second kappa shape index (κ2) is 5.86. The lowest BCUT2D eigenvalue weighted by molar-refractivity contribution is 0.0761. The molecule has 2 aromatic rings. The SMILES string of the molecule is O=C(c1ccc(-n2cncn2)cc1)N1CCCCCC1. The van der Waals surface area contributed by atoms with Crippen LogP contribution in [0.3, 0.4) is 0 Å². The third-order valence-corrected chi connectivity index (χ3v) is 3.69. The van der Waals surface area contributed by atoms with E-state index >= 15 is 0 Å². The van der Waals surface area contributed by atoms with E-state index in [0.717, 1.165) is 37.2 Å². The Morgan fingerprint density at radius 2 is 1.70 bits per heavy atom. The van der Waals surface area contributed by atoms with Crippen molar-refractivity contribution in [3.63, 3.8) is 0 Å². The van der Waals surface area contributed by atoms with Gasteiger partial charge in [0.1, 0.15) is 12.7 Å². The Balaban J connectivity index is 1.75. The summed E-state index contributed by atoms with van der Waals surface area (Å²) in [4.78, 5) is 18.3. The minimum atomic E-state index is 0.136. The molecule has 1 aliphatic heterocycles. The lowest BCUT2D eigenvalue weighted by atomic mass is 10.1. The Labute approximate surface area is 118 Å². The van der Waals surface area contributed by atoms with E-state index in [4.69, 9.17) is 0 Å². The van der Waals surface area contributed by atoms with E-state index < -0.39 is 0 Å². The third-order valence-electron chi connectivity index (χ3n) is 3.69. The minimum Gasteiger partial charge on any atom is -0.339 e. The second-order valence-electron chi connectivity index (χ2n) is 5.09. The molecule has 0 saturated carbocycles. The maximum atomic E-state index is 12.4. The summed E-state index contributed by atoms with van der Waals surface area (Å²) in [6, 6.07) is 7.54. The Bertz CT molecular complexity index is 554. The largest absolute Gasteiger partial charge is 0.339 e. The van der Waals surface area contributed by atoms with Gasteiger partial charge >= 0.3 is 0 Å². The summed E-state index contributed by atoms with van der Waals surface area (Å²) in [5.74, 6) is 0.136. The Morgan fingerprint density at radius 1 is 1.00 bits per heavy atom. The zero-order valence-corrected chi connectivity index (χ0v) is 11.4. The molecule has 1 saturated heterocycles. The van der Waals surface area contributed by atoms with Crippen molar-refractivity contribution in [1.29, 1.82) is 0 Å². The van der Waals surface area contributed by atoms with Crippen molar-refractivity contribution < 1.29 is 4.79 Å². The molecular formula is C15H18N4O. The highest BCUT2D eigenvalue weighted by atomic mass is 16.2. The predicted octanol–water partition coefficient (Wildman–Crippen LogP) is 2.28. The van der Waals surface area contributed by atoms with Crippen LogP contribution in [0.15, 0.2) is 36.9 Å². The number of likely N-dealkylation sites (tertiary alicyclic amines) is 1. The van der Waals surface area contributed by atoms with E-state index in [9.17, 15) is 4.79 Å². The van der Waals surface area contributed by atoms with Gasteiger partial charge in [0.25, 0.3) is 5.91 Å². The van der Waals surface area contributed by atoms with Gasteiger partial charge in [0.05, 0.1) is 5.69 Å². The summed E-state index contributed by atoms with van der Waals surface area (Å²) in [6.07, 6.45) is 7.83. The summed E-state index contributed by atoms with van der Waals surface area (Å²) >= 11 is 0. The average Bonchev–Trinajstić information content (AvgIpc) is 2.89. The molecule has 1 aliphatic rings. The summed E-state index contributed by atoms with van der Waals surface area (Å²) in [5.41, 5.74) is 1.66. The fourth-order valence-electron chi connectivity index (χ4n) is 2.55. The second-order valence-corrected chi connectivity index (χ2v) is 5.09. The highest BCUT2D eigenvalue weighted by Gasteiger charge is 2.17. The normalized spacial score (nSPS) is 15.9. The number of carbonyl (C=O) groups is 1. The molecule has 2 heterocycles. The van der Waals surface area contributed by atoms with Crippen molar-refractivity contribution in [2.45, 2.75) is 25.7 Å². The van der Waals surface area contributed by atoms with Crippen molar-refractivity contribution >= 4 is 5.91 Å². The monoisotopic (exact) mass is 270 g/mol. The molecule has 5 heteroatoms. The molecule has 20 heavy (non-hydrogen) atoms. The standard InChI is InChI=1S/C15H18N4O/c20-15(18-9-3-1-2-4-10-18)13-5-7-14(8-6-13)19-12-16-11-17-19/h5-8,11-12H,1-4,9-10H2. The van der Waals surface area contributed by atoms with Crippen molar-refractivity contribution in [3.8, 4) is 5.69 Å². The minimum absolute atomic E-state index is 0.136. The maximum absolute atomic E-state index is 12.4. The van der Waals surface area contributed by atoms with Crippen molar-refractivity contribution in [2.75, 3.05) is 13.1 Å². The average molecular weight is 270 g/mol. The Hall–Kier alpha value is -2.17. The van der Waals surface area contributed by atoms with Crippen molar-refractivity contribution in [1.82, 2.24) is 19.7 Å². The topological polar surface area (TPSA) is 51.0 Å². The van der Waals surface area contributed by atoms with Gasteiger partial charge in [-0.2, -0.15) is 5.10 Å². The van der Waals surface area contributed by atoms with E-state index in [1.807, 2.05) is 29.2 Å². The third kappa shape index (κ3) is 2.71. The summed E-state index contributed by atoms with van der Waals surface area (Å²) in [7, 11) is 0.